The van der Waals surface area contributed by atoms with Gasteiger partial charge in [-0.1, -0.05) is 13.8 Å². The van der Waals surface area contributed by atoms with E-state index in [4.69, 9.17) is 5.73 Å². The normalized spacial score (nSPS) is 12.8. The standard InChI is InChI=1S/C13H26N4O3/c1-8(2)11(14)12(20)16-6-9(18)15-7-10(19)17-13(3,4)5/h8,11H,6-7,14H2,1-5H3,(H,15,18)(H,16,20)(H,17,19)/t11-/m0/s1. The molecule has 0 unspecified atom stereocenters. The molecule has 0 aromatic heterocycles. The number of hydrogen-bond donors (Lipinski definition) is 4. The quantitative estimate of drug-likeness (QED) is 0.507. The van der Waals surface area contributed by atoms with E-state index in [2.05, 4.69) is 16.0 Å². The van der Waals surface area contributed by atoms with Crippen molar-refractivity contribution in [3.8, 4) is 0 Å². The van der Waals surface area contributed by atoms with Crippen LogP contribution in [0.4, 0.5) is 0 Å². The Hall–Kier alpha value is -1.63. The molecule has 0 bridgehead atoms. The molecule has 0 aliphatic carbocycles. The van der Waals surface area contributed by atoms with Crippen molar-refractivity contribution in [1.82, 2.24) is 16.0 Å². The number of carbonyl (C=O) groups excluding carboxylic acids is 3. The smallest absolute Gasteiger partial charge is 0.239 e. The molecule has 0 heterocycles. The molecular formula is C13H26N4O3. The molecule has 20 heavy (non-hydrogen) atoms. The van der Waals surface area contributed by atoms with E-state index in [1.54, 1.807) is 0 Å². The second-order valence-electron chi connectivity index (χ2n) is 6.06. The van der Waals surface area contributed by atoms with Gasteiger partial charge in [0.25, 0.3) is 0 Å². The Balaban J connectivity index is 3.96. The van der Waals surface area contributed by atoms with Crippen molar-refractivity contribution in [1.29, 1.82) is 0 Å². The Labute approximate surface area is 120 Å². The van der Waals surface area contributed by atoms with E-state index in [-0.39, 0.29) is 36.4 Å². The molecule has 0 aromatic carbocycles. The molecule has 0 fully saturated rings. The fourth-order valence-corrected chi connectivity index (χ4v) is 1.29. The minimum Gasteiger partial charge on any atom is -0.350 e. The molecule has 0 saturated heterocycles. The number of carbonyl (C=O) groups is 3. The van der Waals surface area contributed by atoms with Gasteiger partial charge < -0.3 is 21.7 Å². The van der Waals surface area contributed by atoms with Crippen LogP contribution in [0.3, 0.4) is 0 Å². The van der Waals surface area contributed by atoms with Crippen LogP contribution in [0.25, 0.3) is 0 Å². The van der Waals surface area contributed by atoms with Gasteiger partial charge in [-0.15, -0.1) is 0 Å². The van der Waals surface area contributed by atoms with E-state index in [1.807, 2.05) is 34.6 Å². The molecule has 0 saturated carbocycles. The Morgan fingerprint density at radius 2 is 1.50 bits per heavy atom. The number of amides is 3. The summed E-state index contributed by atoms with van der Waals surface area (Å²) in [6.45, 7) is 8.87. The summed E-state index contributed by atoms with van der Waals surface area (Å²) < 4.78 is 0. The molecule has 0 aromatic rings. The maximum absolute atomic E-state index is 11.5. The lowest BCUT2D eigenvalue weighted by molar-refractivity contribution is -0.128. The van der Waals surface area contributed by atoms with Gasteiger partial charge in [-0.25, -0.2) is 0 Å². The Kier molecular flexibility index (Phi) is 7.20. The van der Waals surface area contributed by atoms with Crippen LogP contribution in [0.2, 0.25) is 0 Å². The minimum atomic E-state index is -0.646. The van der Waals surface area contributed by atoms with Crippen molar-refractivity contribution in [3.63, 3.8) is 0 Å². The summed E-state index contributed by atoms with van der Waals surface area (Å²) in [7, 11) is 0. The van der Waals surface area contributed by atoms with Gasteiger partial charge in [-0.3, -0.25) is 14.4 Å². The van der Waals surface area contributed by atoms with E-state index in [9.17, 15) is 14.4 Å². The molecule has 0 radical (unpaired) electrons. The molecule has 0 rings (SSSR count). The van der Waals surface area contributed by atoms with Gasteiger partial charge in [0.1, 0.15) is 0 Å². The third kappa shape index (κ3) is 8.47. The molecular weight excluding hydrogens is 260 g/mol. The summed E-state index contributed by atoms with van der Waals surface area (Å²) in [5.74, 6) is -1.10. The number of nitrogens with two attached hydrogens (primary N) is 1. The maximum atomic E-state index is 11.5. The first-order valence-corrected chi connectivity index (χ1v) is 6.64. The summed E-state index contributed by atoms with van der Waals surface area (Å²) in [6.07, 6.45) is 0. The largest absolute Gasteiger partial charge is 0.350 e. The highest BCUT2D eigenvalue weighted by molar-refractivity contribution is 5.89. The van der Waals surface area contributed by atoms with Crippen molar-refractivity contribution in [3.05, 3.63) is 0 Å². The van der Waals surface area contributed by atoms with Crippen molar-refractivity contribution >= 4 is 17.7 Å². The zero-order valence-corrected chi connectivity index (χ0v) is 12.9. The van der Waals surface area contributed by atoms with Gasteiger partial charge in [-0.05, 0) is 26.7 Å². The highest BCUT2D eigenvalue weighted by Gasteiger charge is 2.18. The maximum Gasteiger partial charge on any atom is 0.239 e. The molecule has 3 amide bonds. The predicted molar refractivity (Wildman–Crippen MR) is 76.7 cm³/mol. The summed E-state index contributed by atoms with van der Waals surface area (Å²) in [4.78, 5) is 34.4. The third-order valence-electron chi connectivity index (χ3n) is 2.40. The summed E-state index contributed by atoms with van der Waals surface area (Å²) in [6, 6.07) is -0.646. The Morgan fingerprint density at radius 1 is 1.00 bits per heavy atom. The lowest BCUT2D eigenvalue weighted by Gasteiger charge is -2.20. The van der Waals surface area contributed by atoms with Crippen LogP contribution in [-0.2, 0) is 14.4 Å². The highest BCUT2D eigenvalue weighted by atomic mass is 16.2. The van der Waals surface area contributed by atoms with Crippen LogP contribution in [0.1, 0.15) is 34.6 Å². The predicted octanol–water partition coefficient (Wildman–Crippen LogP) is -0.883. The van der Waals surface area contributed by atoms with Crippen molar-refractivity contribution < 1.29 is 14.4 Å². The van der Waals surface area contributed by atoms with Crippen LogP contribution < -0.4 is 21.7 Å². The monoisotopic (exact) mass is 286 g/mol. The van der Waals surface area contributed by atoms with Gasteiger partial charge in [0.15, 0.2) is 0 Å². The summed E-state index contributed by atoms with van der Waals surface area (Å²) in [5, 5.41) is 7.56. The average Bonchev–Trinajstić information content (AvgIpc) is 2.30. The first-order valence-electron chi connectivity index (χ1n) is 6.64. The molecule has 7 heteroatoms. The van der Waals surface area contributed by atoms with Crippen molar-refractivity contribution in [2.45, 2.75) is 46.2 Å². The van der Waals surface area contributed by atoms with Gasteiger partial charge in [-0.2, -0.15) is 0 Å². The summed E-state index contributed by atoms with van der Waals surface area (Å²) in [5.41, 5.74) is 5.28. The number of hydrogen-bond acceptors (Lipinski definition) is 4. The van der Waals surface area contributed by atoms with E-state index in [1.165, 1.54) is 0 Å². The third-order valence-corrected chi connectivity index (χ3v) is 2.40. The Morgan fingerprint density at radius 3 is 1.95 bits per heavy atom. The topological polar surface area (TPSA) is 113 Å². The molecule has 0 aliphatic heterocycles. The van der Waals surface area contributed by atoms with Crippen LogP contribution in [0.5, 0.6) is 0 Å². The van der Waals surface area contributed by atoms with Crippen LogP contribution in [0.15, 0.2) is 0 Å². The van der Waals surface area contributed by atoms with Crippen molar-refractivity contribution in [2.24, 2.45) is 11.7 Å². The Bertz CT molecular complexity index is 361. The van der Waals surface area contributed by atoms with E-state index >= 15 is 0 Å². The molecule has 7 nitrogen and oxygen atoms in total. The molecule has 0 aliphatic rings. The second-order valence-corrected chi connectivity index (χ2v) is 6.06. The van der Waals surface area contributed by atoms with E-state index in [0.29, 0.717) is 0 Å². The fourth-order valence-electron chi connectivity index (χ4n) is 1.29. The first-order chi connectivity index (χ1) is 9.03. The zero-order chi connectivity index (χ0) is 15.9. The average molecular weight is 286 g/mol. The second kappa shape index (κ2) is 7.84. The van der Waals surface area contributed by atoms with Gasteiger partial charge in [0, 0.05) is 5.54 Å². The van der Waals surface area contributed by atoms with Crippen LogP contribution >= 0.6 is 0 Å². The van der Waals surface area contributed by atoms with E-state index in [0.717, 1.165) is 0 Å². The molecule has 1 atom stereocenters. The number of nitrogens with one attached hydrogen (secondary N) is 3. The molecule has 0 spiro atoms. The fraction of sp³-hybridized carbons (Fsp3) is 0.769. The number of rotatable bonds is 6. The van der Waals surface area contributed by atoms with Crippen LogP contribution in [0, 0.1) is 5.92 Å². The first kappa shape index (κ1) is 18.4. The zero-order valence-electron chi connectivity index (χ0n) is 12.9. The van der Waals surface area contributed by atoms with Crippen molar-refractivity contribution in [2.75, 3.05) is 13.1 Å². The SMILES string of the molecule is CC(C)[C@H](N)C(=O)NCC(=O)NCC(=O)NC(C)(C)C. The van der Waals surface area contributed by atoms with Crippen LogP contribution in [-0.4, -0.2) is 42.4 Å². The van der Waals surface area contributed by atoms with Gasteiger partial charge in [0.05, 0.1) is 19.1 Å². The van der Waals surface area contributed by atoms with Gasteiger partial charge in [0.2, 0.25) is 17.7 Å². The molecule has 116 valence electrons. The van der Waals surface area contributed by atoms with Gasteiger partial charge >= 0.3 is 0 Å². The van der Waals surface area contributed by atoms with E-state index < -0.39 is 11.9 Å². The summed E-state index contributed by atoms with van der Waals surface area (Å²) >= 11 is 0. The lowest BCUT2D eigenvalue weighted by Crippen LogP contribution is -2.49. The highest BCUT2D eigenvalue weighted by Crippen LogP contribution is 1.98. The molecule has 5 N–H and O–H groups in total. The lowest BCUT2D eigenvalue weighted by atomic mass is 10.1. The minimum absolute atomic E-state index is 0.00405.